The van der Waals surface area contributed by atoms with Crippen LogP contribution in [0.4, 0.5) is 0 Å². The Morgan fingerprint density at radius 1 is 1.10 bits per heavy atom. The lowest BCUT2D eigenvalue weighted by molar-refractivity contribution is 0.222. The second kappa shape index (κ2) is 6.41. The largest absolute Gasteiger partial charge is 0.0934 e. The lowest BCUT2D eigenvalue weighted by Crippen LogP contribution is -2.31. The maximum Gasteiger partial charge on any atom is 0.0934 e. The predicted molar refractivity (Wildman–Crippen MR) is 89.6 cm³/mol. The zero-order chi connectivity index (χ0) is 14.8. The molecule has 2 bridgehead atoms. The fourth-order valence-electron chi connectivity index (χ4n) is 4.22. The molecule has 0 aromatic carbocycles. The van der Waals surface area contributed by atoms with E-state index >= 15 is 0 Å². The van der Waals surface area contributed by atoms with Crippen LogP contribution in [0.1, 0.15) is 86.0 Å². The molecule has 1 atom stereocenters. The normalized spacial score (nSPS) is 31.1. The molecule has 2 rings (SSSR count). The molecule has 0 heteroatoms. The van der Waals surface area contributed by atoms with Gasteiger partial charge < -0.3 is 0 Å². The van der Waals surface area contributed by atoms with Crippen molar-refractivity contribution < 1.29 is 0 Å². The Balaban J connectivity index is 2.27. The summed E-state index contributed by atoms with van der Waals surface area (Å²) in [6.45, 7) is 12.1. The van der Waals surface area contributed by atoms with Crippen LogP contribution in [0.5, 0.6) is 0 Å². The summed E-state index contributed by atoms with van der Waals surface area (Å²) in [6.07, 6.45) is 13.1. The molecule has 20 heavy (non-hydrogen) atoms. The Bertz CT molecular complexity index is 394. The highest BCUT2D eigenvalue weighted by atomic mass is 14.4. The third-order valence-corrected chi connectivity index (χ3v) is 5.91. The molecule has 0 fully saturated rings. The Hall–Kier alpha value is -0.650. The first-order valence-corrected chi connectivity index (χ1v) is 8.57. The molecular formula is C20H33+. The van der Waals surface area contributed by atoms with Crippen LogP contribution >= 0.6 is 0 Å². The minimum atomic E-state index is 0.401. The Labute approximate surface area is 126 Å². The average Bonchev–Trinajstić information content (AvgIpc) is 2.36. The van der Waals surface area contributed by atoms with E-state index in [4.69, 9.17) is 0 Å². The molecule has 0 heterocycles. The van der Waals surface area contributed by atoms with Crippen molar-refractivity contribution >= 4 is 0 Å². The van der Waals surface area contributed by atoms with Gasteiger partial charge in [0.25, 0.3) is 0 Å². The Morgan fingerprint density at radius 3 is 2.60 bits per heavy atom. The lowest BCUT2D eigenvalue weighted by Gasteiger charge is -2.42. The molecule has 0 nitrogen and oxygen atoms in total. The summed E-state index contributed by atoms with van der Waals surface area (Å²) in [6, 6.07) is 0. The summed E-state index contributed by atoms with van der Waals surface area (Å²) in [5, 5.41) is 0. The second-order valence-corrected chi connectivity index (χ2v) is 7.81. The molecule has 0 aromatic heterocycles. The first-order valence-electron chi connectivity index (χ1n) is 8.57. The van der Waals surface area contributed by atoms with Crippen LogP contribution in [0, 0.1) is 17.3 Å². The maximum atomic E-state index is 2.54. The highest BCUT2D eigenvalue weighted by Gasteiger charge is 2.37. The van der Waals surface area contributed by atoms with Crippen molar-refractivity contribution in [3.63, 3.8) is 0 Å². The van der Waals surface area contributed by atoms with Gasteiger partial charge in [-0.1, -0.05) is 36.6 Å². The van der Waals surface area contributed by atoms with Gasteiger partial charge in [-0.25, -0.2) is 0 Å². The molecule has 0 spiro atoms. The predicted octanol–water partition coefficient (Wildman–Crippen LogP) is 6.63. The van der Waals surface area contributed by atoms with Gasteiger partial charge in [-0.2, -0.15) is 0 Å². The topological polar surface area (TPSA) is 0 Å². The van der Waals surface area contributed by atoms with Crippen LogP contribution in [0.3, 0.4) is 0 Å². The van der Waals surface area contributed by atoms with E-state index in [2.05, 4.69) is 40.7 Å². The van der Waals surface area contributed by atoms with E-state index in [-0.39, 0.29) is 0 Å². The van der Waals surface area contributed by atoms with E-state index in [1.54, 1.807) is 22.6 Å². The van der Waals surface area contributed by atoms with Crippen molar-refractivity contribution in [2.24, 2.45) is 11.3 Å². The molecule has 0 aliphatic heterocycles. The van der Waals surface area contributed by atoms with Gasteiger partial charge in [0.2, 0.25) is 0 Å². The number of rotatable bonds is 0. The molecule has 1 unspecified atom stereocenters. The summed E-state index contributed by atoms with van der Waals surface area (Å²) in [4.78, 5) is 0. The highest BCUT2D eigenvalue weighted by molar-refractivity contribution is 5.25. The van der Waals surface area contributed by atoms with Crippen molar-refractivity contribution in [3.8, 4) is 0 Å². The third kappa shape index (κ3) is 3.51. The number of hydrogen-bond donors (Lipinski definition) is 0. The molecule has 2 aliphatic carbocycles. The van der Waals surface area contributed by atoms with Crippen molar-refractivity contribution in [3.05, 3.63) is 28.7 Å². The summed E-state index contributed by atoms with van der Waals surface area (Å²) in [5.41, 5.74) is 5.48. The van der Waals surface area contributed by atoms with E-state index in [0.717, 1.165) is 5.92 Å². The molecule has 0 N–H and O–H groups in total. The van der Waals surface area contributed by atoms with Gasteiger partial charge in [0.05, 0.1) is 25.7 Å². The van der Waals surface area contributed by atoms with Gasteiger partial charge in [-0.05, 0) is 57.3 Å². The first kappa shape index (κ1) is 15.7. The smallest absolute Gasteiger partial charge is 0.0853 e. The van der Waals surface area contributed by atoms with E-state index in [1.807, 2.05) is 0 Å². The molecule has 0 saturated heterocycles. The van der Waals surface area contributed by atoms with E-state index in [9.17, 15) is 0 Å². The van der Waals surface area contributed by atoms with E-state index < -0.39 is 0 Å². The minimum absolute atomic E-state index is 0.401. The van der Waals surface area contributed by atoms with Crippen molar-refractivity contribution in [2.75, 3.05) is 0 Å². The Kier molecular flexibility index (Phi) is 5.04. The SMILES string of the molecule is CC1=C2CC[C+](C)CCC/C(C)=C/CC(CC1)C2(C)C. The van der Waals surface area contributed by atoms with Crippen LogP contribution in [-0.4, -0.2) is 0 Å². The molecular weight excluding hydrogens is 240 g/mol. The van der Waals surface area contributed by atoms with Crippen LogP contribution in [0.15, 0.2) is 22.8 Å². The monoisotopic (exact) mass is 273 g/mol. The number of allylic oxidation sites excluding steroid dienone is 4. The standard InChI is InChI=1S/C20H33/c1-15-7-6-8-16(2)10-14-19-17(3)11-13-18(12-9-15)20(19,4)5/h9,18H,6-8,10-14H2,1-5H3/q+1/b15-9+. The van der Waals surface area contributed by atoms with Crippen molar-refractivity contribution in [2.45, 2.75) is 86.0 Å². The summed E-state index contributed by atoms with van der Waals surface area (Å²) >= 11 is 0. The van der Waals surface area contributed by atoms with E-state index in [0.29, 0.717) is 5.41 Å². The van der Waals surface area contributed by atoms with Crippen molar-refractivity contribution in [1.29, 1.82) is 0 Å². The summed E-state index contributed by atoms with van der Waals surface area (Å²) in [7, 11) is 0. The molecule has 0 radical (unpaired) electrons. The quantitative estimate of drug-likeness (QED) is 0.343. The molecule has 2 aliphatic rings. The second-order valence-electron chi connectivity index (χ2n) is 7.81. The third-order valence-electron chi connectivity index (χ3n) is 5.91. The lowest BCUT2D eigenvalue weighted by atomic mass is 9.63. The molecule has 0 amide bonds. The molecule has 0 saturated carbocycles. The zero-order valence-corrected chi connectivity index (χ0v) is 14.3. The van der Waals surface area contributed by atoms with Crippen molar-refractivity contribution in [1.82, 2.24) is 0 Å². The summed E-state index contributed by atoms with van der Waals surface area (Å²) < 4.78 is 0. The minimum Gasteiger partial charge on any atom is -0.0853 e. The van der Waals surface area contributed by atoms with E-state index in [1.165, 1.54) is 51.4 Å². The number of fused-ring (bicyclic) bond motifs is 2. The molecule has 0 aromatic rings. The fourth-order valence-corrected chi connectivity index (χ4v) is 4.22. The number of hydrogen-bond acceptors (Lipinski definition) is 0. The maximum absolute atomic E-state index is 2.54. The van der Waals surface area contributed by atoms with Crippen LogP contribution in [0.25, 0.3) is 0 Å². The van der Waals surface area contributed by atoms with Gasteiger partial charge in [-0.3, -0.25) is 0 Å². The molecule has 112 valence electrons. The van der Waals surface area contributed by atoms with Gasteiger partial charge in [0.1, 0.15) is 0 Å². The van der Waals surface area contributed by atoms with Gasteiger partial charge in [-0.15, -0.1) is 0 Å². The van der Waals surface area contributed by atoms with Crippen LogP contribution < -0.4 is 0 Å². The highest BCUT2D eigenvalue weighted by Crippen LogP contribution is 2.48. The zero-order valence-electron chi connectivity index (χ0n) is 14.3. The van der Waals surface area contributed by atoms with Crippen LogP contribution in [0.2, 0.25) is 0 Å². The van der Waals surface area contributed by atoms with Gasteiger partial charge >= 0.3 is 0 Å². The van der Waals surface area contributed by atoms with Gasteiger partial charge in [0, 0.05) is 6.42 Å². The summed E-state index contributed by atoms with van der Waals surface area (Å²) in [5.74, 6) is 2.55. The fraction of sp³-hybridized carbons (Fsp3) is 0.750. The first-order chi connectivity index (χ1) is 9.41. The van der Waals surface area contributed by atoms with Gasteiger partial charge in [0.15, 0.2) is 0 Å². The average molecular weight is 273 g/mol. The Morgan fingerprint density at radius 2 is 1.85 bits per heavy atom. The van der Waals surface area contributed by atoms with Crippen LogP contribution in [-0.2, 0) is 0 Å².